The number of carbonyl (C=O) groups excluding carboxylic acids is 3. The predicted octanol–water partition coefficient (Wildman–Crippen LogP) is -0.276. The SMILES string of the molecule is CC1CC(=O)[N-]C1=O.CN[C-]=O.[Y]. The number of hydrogen-bond donors (Lipinski definition) is 1. The number of carbonyl (C=O) groups is 2. The summed E-state index contributed by atoms with van der Waals surface area (Å²) in [6.07, 6.45) is 1.73. The molecule has 1 saturated heterocycles. The molecule has 0 aromatic carbocycles. The number of imide groups is 1. The Hall–Kier alpha value is -0.286. The minimum absolute atomic E-state index is 0. The number of hydrogen-bond acceptors (Lipinski definition) is 3. The minimum Gasteiger partial charge on any atom is -0.596 e. The van der Waals surface area contributed by atoms with E-state index in [1.165, 1.54) is 13.5 Å². The molecule has 1 aliphatic rings. The van der Waals surface area contributed by atoms with E-state index in [2.05, 4.69) is 10.6 Å². The Labute approximate surface area is 102 Å². The average Bonchev–Trinajstić information content (AvgIpc) is 2.30. The normalized spacial score (nSPS) is 19.1. The van der Waals surface area contributed by atoms with Crippen molar-refractivity contribution in [2.75, 3.05) is 7.05 Å². The van der Waals surface area contributed by atoms with E-state index in [0.717, 1.165) is 0 Å². The number of nitrogens with one attached hydrogen (secondary N) is 1. The molecular weight excluding hydrogens is 249 g/mol. The molecule has 0 aliphatic carbocycles. The van der Waals surface area contributed by atoms with Crippen LogP contribution in [0.25, 0.3) is 5.32 Å². The van der Waals surface area contributed by atoms with Crippen molar-refractivity contribution < 1.29 is 47.1 Å². The zero-order valence-corrected chi connectivity index (χ0v) is 10.4. The van der Waals surface area contributed by atoms with E-state index in [-0.39, 0.29) is 50.4 Å². The van der Waals surface area contributed by atoms with Crippen LogP contribution in [0.1, 0.15) is 13.3 Å². The molecule has 0 aromatic heterocycles. The molecule has 1 radical (unpaired) electrons. The van der Waals surface area contributed by atoms with Gasteiger partial charge in [0.05, 0.1) is 11.8 Å². The molecule has 13 heavy (non-hydrogen) atoms. The first-order chi connectivity index (χ1) is 5.61. The third-order valence-corrected chi connectivity index (χ3v) is 1.24. The van der Waals surface area contributed by atoms with Crippen LogP contribution >= 0.6 is 0 Å². The van der Waals surface area contributed by atoms with Crippen LogP contribution in [-0.2, 0) is 47.1 Å². The second-order valence-corrected chi connectivity index (χ2v) is 2.30. The molecular formula is C7H10N2O3Y-2. The fourth-order valence-electron chi connectivity index (χ4n) is 0.628. The quantitative estimate of drug-likeness (QED) is 0.400. The van der Waals surface area contributed by atoms with Crippen LogP contribution in [0.4, 0.5) is 0 Å². The Morgan fingerprint density at radius 3 is 2.08 bits per heavy atom. The molecule has 0 saturated carbocycles. The summed E-state index contributed by atoms with van der Waals surface area (Å²) in [5, 5.41) is 5.32. The first-order valence-electron chi connectivity index (χ1n) is 3.44. The van der Waals surface area contributed by atoms with Crippen LogP contribution in [0.5, 0.6) is 0 Å². The van der Waals surface area contributed by atoms with Gasteiger partial charge in [-0.2, -0.15) is 6.41 Å². The molecule has 1 aliphatic heterocycles. The maximum absolute atomic E-state index is 10.4. The van der Waals surface area contributed by atoms with E-state index in [4.69, 9.17) is 4.79 Å². The summed E-state index contributed by atoms with van der Waals surface area (Å²) in [6.45, 7) is 1.71. The second-order valence-electron chi connectivity index (χ2n) is 2.30. The van der Waals surface area contributed by atoms with E-state index in [1.807, 2.05) is 0 Å². The third-order valence-electron chi connectivity index (χ3n) is 1.24. The topological polar surface area (TPSA) is 77.3 Å². The van der Waals surface area contributed by atoms with Crippen molar-refractivity contribution in [3.63, 3.8) is 0 Å². The first-order valence-corrected chi connectivity index (χ1v) is 3.44. The Morgan fingerprint density at radius 2 is 2.00 bits per heavy atom. The van der Waals surface area contributed by atoms with Gasteiger partial charge < -0.3 is 25.0 Å². The Kier molecular flexibility index (Phi) is 9.72. The number of amides is 3. The Balaban J connectivity index is 0. The van der Waals surface area contributed by atoms with Gasteiger partial charge in [0.2, 0.25) is 0 Å². The minimum atomic E-state index is -0.275. The standard InChI is InChI=1S/C5H7NO2.C2H4NO.Y/c1-3-2-4(7)6-5(3)8;1-3-2-4;/h3H,2H2,1H3,(H,6,7,8);1H3,(H,3,4);/q;-1;/p-1. The monoisotopic (exact) mass is 259 g/mol. The second kappa shape index (κ2) is 8.32. The summed E-state index contributed by atoms with van der Waals surface area (Å²) in [6, 6.07) is 0. The van der Waals surface area contributed by atoms with Crippen molar-refractivity contribution in [2.45, 2.75) is 13.3 Å². The number of rotatable bonds is 1. The molecule has 1 heterocycles. The van der Waals surface area contributed by atoms with E-state index in [0.29, 0.717) is 6.42 Å². The molecule has 1 rings (SSSR count). The molecule has 1 fully saturated rings. The van der Waals surface area contributed by atoms with Crippen molar-refractivity contribution >= 4 is 18.2 Å². The zero-order valence-electron chi connectivity index (χ0n) is 7.53. The van der Waals surface area contributed by atoms with Gasteiger partial charge in [-0.15, -0.1) is 0 Å². The molecule has 71 valence electrons. The van der Waals surface area contributed by atoms with Crippen LogP contribution in [0, 0.1) is 5.92 Å². The van der Waals surface area contributed by atoms with Gasteiger partial charge in [0.25, 0.3) is 0 Å². The molecule has 1 atom stereocenters. The molecule has 0 aromatic rings. The summed E-state index contributed by atoms with van der Waals surface area (Å²) in [4.78, 5) is 29.6. The first kappa shape index (κ1) is 15.2. The fourth-order valence-corrected chi connectivity index (χ4v) is 0.628. The summed E-state index contributed by atoms with van der Waals surface area (Å²) < 4.78 is 0. The predicted molar refractivity (Wildman–Crippen MR) is 41.9 cm³/mol. The van der Waals surface area contributed by atoms with Crippen molar-refractivity contribution in [3.05, 3.63) is 5.32 Å². The van der Waals surface area contributed by atoms with Gasteiger partial charge in [-0.3, -0.25) is 0 Å². The van der Waals surface area contributed by atoms with Crippen molar-refractivity contribution in [1.82, 2.24) is 5.32 Å². The Bertz CT molecular complexity index is 196. The van der Waals surface area contributed by atoms with E-state index in [1.54, 1.807) is 6.92 Å². The maximum atomic E-state index is 10.4. The van der Waals surface area contributed by atoms with Crippen LogP contribution < -0.4 is 5.32 Å². The van der Waals surface area contributed by atoms with Crippen LogP contribution in [0.15, 0.2) is 0 Å². The van der Waals surface area contributed by atoms with Gasteiger partial charge in [0.1, 0.15) is 0 Å². The molecule has 0 bridgehead atoms. The van der Waals surface area contributed by atoms with Gasteiger partial charge in [0, 0.05) is 38.6 Å². The van der Waals surface area contributed by atoms with Gasteiger partial charge >= 0.3 is 0 Å². The maximum Gasteiger partial charge on any atom is 0.0597 e. The van der Waals surface area contributed by atoms with E-state index < -0.39 is 0 Å². The summed E-state index contributed by atoms with van der Waals surface area (Å²) in [5.41, 5.74) is 0. The van der Waals surface area contributed by atoms with Gasteiger partial charge in [0.15, 0.2) is 0 Å². The molecule has 5 nitrogen and oxygen atoms in total. The van der Waals surface area contributed by atoms with Crippen LogP contribution in [-0.4, -0.2) is 25.3 Å². The zero-order chi connectivity index (χ0) is 9.56. The largest absolute Gasteiger partial charge is 0.596 e. The van der Waals surface area contributed by atoms with Crippen LogP contribution in [0.2, 0.25) is 0 Å². The average molecular weight is 259 g/mol. The summed E-state index contributed by atoms with van der Waals surface area (Å²) >= 11 is 0. The van der Waals surface area contributed by atoms with Crippen LogP contribution in [0.3, 0.4) is 0 Å². The molecule has 0 spiro atoms. The molecule has 1 N–H and O–H groups in total. The molecule has 6 heteroatoms. The van der Waals surface area contributed by atoms with E-state index >= 15 is 0 Å². The van der Waals surface area contributed by atoms with Crippen molar-refractivity contribution in [1.29, 1.82) is 0 Å². The summed E-state index contributed by atoms with van der Waals surface area (Å²) in [5.74, 6) is -0.708. The third kappa shape index (κ3) is 6.84. The Morgan fingerprint density at radius 1 is 1.54 bits per heavy atom. The van der Waals surface area contributed by atoms with Crippen molar-refractivity contribution in [3.8, 4) is 0 Å². The van der Waals surface area contributed by atoms with Gasteiger partial charge in [-0.25, -0.2) is 0 Å². The van der Waals surface area contributed by atoms with Gasteiger partial charge in [-0.05, 0) is 13.5 Å². The van der Waals surface area contributed by atoms with Gasteiger partial charge in [-0.1, -0.05) is 6.92 Å². The van der Waals surface area contributed by atoms with Crippen molar-refractivity contribution in [2.24, 2.45) is 5.92 Å². The molecule has 1 unspecified atom stereocenters. The van der Waals surface area contributed by atoms with E-state index in [9.17, 15) is 9.59 Å². The fraction of sp³-hybridized carbons (Fsp3) is 0.571. The smallest absolute Gasteiger partial charge is 0.0597 e. The number of nitrogens with zero attached hydrogens (tertiary/aromatic N) is 1. The molecule has 3 amide bonds. The summed E-state index contributed by atoms with van der Waals surface area (Å²) in [7, 11) is 1.51.